The number of hydrogen-bond donors (Lipinski definition) is 1. The molecule has 0 radical (unpaired) electrons. The van der Waals surface area contributed by atoms with Gasteiger partial charge >= 0.3 is 0 Å². The van der Waals surface area contributed by atoms with E-state index in [1.807, 2.05) is 17.5 Å². The third-order valence-electron chi connectivity index (χ3n) is 4.08. The number of rotatable bonds is 6. The monoisotopic (exact) mass is 356 g/mol. The number of hydrogen-bond acceptors (Lipinski definition) is 4. The highest BCUT2D eigenvalue weighted by Crippen LogP contribution is 2.27. The first kappa shape index (κ1) is 17.6. The second-order valence-corrected chi connectivity index (χ2v) is 6.86. The maximum absolute atomic E-state index is 13.0. The molecule has 0 saturated heterocycles. The van der Waals surface area contributed by atoms with Crippen LogP contribution in [0.5, 0.6) is 5.75 Å². The standard InChI is InChI=1S/C20H21FN2OS/c1-13-4-9-19(24-3)18(10-13)14(2)22-11-17-12-25-20(23-17)15-5-7-16(21)8-6-15/h4-10,12,14,22H,11H2,1-3H3. The molecule has 130 valence electrons. The Bertz CT molecular complexity index is 845. The van der Waals surface area contributed by atoms with Gasteiger partial charge < -0.3 is 10.1 Å². The summed E-state index contributed by atoms with van der Waals surface area (Å²) in [5.41, 5.74) is 4.25. The largest absolute Gasteiger partial charge is 0.496 e. The zero-order chi connectivity index (χ0) is 17.8. The van der Waals surface area contributed by atoms with Gasteiger partial charge in [-0.05, 0) is 44.2 Å². The molecule has 1 aromatic heterocycles. The van der Waals surface area contributed by atoms with Crippen molar-refractivity contribution in [2.24, 2.45) is 0 Å². The van der Waals surface area contributed by atoms with Crippen molar-refractivity contribution in [3.05, 3.63) is 70.5 Å². The lowest BCUT2D eigenvalue weighted by Crippen LogP contribution is -2.19. The molecule has 3 rings (SSSR count). The number of thiazole rings is 1. The fourth-order valence-corrected chi connectivity index (χ4v) is 3.50. The maximum Gasteiger partial charge on any atom is 0.123 e. The molecule has 1 unspecified atom stereocenters. The minimum Gasteiger partial charge on any atom is -0.496 e. The lowest BCUT2D eigenvalue weighted by molar-refractivity contribution is 0.401. The number of halogens is 1. The van der Waals surface area contributed by atoms with Crippen molar-refractivity contribution >= 4 is 11.3 Å². The molecule has 0 amide bonds. The van der Waals surface area contributed by atoms with E-state index in [9.17, 15) is 4.39 Å². The van der Waals surface area contributed by atoms with Crippen molar-refractivity contribution in [1.29, 1.82) is 0 Å². The molecular weight excluding hydrogens is 335 g/mol. The van der Waals surface area contributed by atoms with Gasteiger partial charge in [0.1, 0.15) is 16.6 Å². The first-order valence-corrected chi connectivity index (χ1v) is 9.03. The molecule has 0 saturated carbocycles. The van der Waals surface area contributed by atoms with E-state index in [1.165, 1.54) is 17.7 Å². The van der Waals surface area contributed by atoms with Crippen LogP contribution >= 0.6 is 11.3 Å². The summed E-state index contributed by atoms with van der Waals surface area (Å²) >= 11 is 1.57. The predicted octanol–water partition coefficient (Wildman–Crippen LogP) is 5.12. The molecule has 5 heteroatoms. The molecule has 3 nitrogen and oxygen atoms in total. The van der Waals surface area contributed by atoms with Crippen LogP contribution in [0.3, 0.4) is 0 Å². The normalized spacial score (nSPS) is 12.2. The topological polar surface area (TPSA) is 34.1 Å². The van der Waals surface area contributed by atoms with E-state index in [1.54, 1.807) is 30.6 Å². The summed E-state index contributed by atoms with van der Waals surface area (Å²) in [7, 11) is 1.69. The lowest BCUT2D eigenvalue weighted by Gasteiger charge is -2.17. The Morgan fingerprint density at radius 3 is 2.68 bits per heavy atom. The van der Waals surface area contributed by atoms with Crippen molar-refractivity contribution in [2.75, 3.05) is 7.11 Å². The van der Waals surface area contributed by atoms with Crippen LogP contribution in [-0.2, 0) is 6.54 Å². The number of ether oxygens (including phenoxy) is 1. The van der Waals surface area contributed by atoms with Crippen LogP contribution in [0.25, 0.3) is 10.6 Å². The number of aromatic nitrogens is 1. The van der Waals surface area contributed by atoms with Gasteiger partial charge in [0.25, 0.3) is 0 Å². The Morgan fingerprint density at radius 2 is 1.96 bits per heavy atom. The summed E-state index contributed by atoms with van der Waals surface area (Å²) in [6.45, 7) is 4.85. The number of aryl methyl sites for hydroxylation is 1. The average Bonchev–Trinajstić information content (AvgIpc) is 3.09. The predicted molar refractivity (Wildman–Crippen MR) is 100 cm³/mol. The highest BCUT2D eigenvalue weighted by molar-refractivity contribution is 7.13. The van der Waals surface area contributed by atoms with Gasteiger partial charge in [-0.15, -0.1) is 11.3 Å². The second kappa shape index (κ2) is 7.76. The van der Waals surface area contributed by atoms with Crippen LogP contribution in [-0.4, -0.2) is 12.1 Å². The van der Waals surface area contributed by atoms with Crippen LogP contribution in [0.15, 0.2) is 47.8 Å². The van der Waals surface area contributed by atoms with Gasteiger partial charge in [-0.25, -0.2) is 9.37 Å². The minimum absolute atomic E-state index is 0.144. The van der Waals surface area contributed by atoms with Crippen molar-refractivity contribution in [3.8, 4) is 16.3 Å². The third-order valence-corrected chi connectivity index (χ3v) is 5.02. The summed E-state index contributed by atoms with van der Waals surface area (Å²) in [6, 6.07) is 12.8. The number of methoxy groups -OCH3 is 1. The Morgan fingerprint density at radius 1 is 1.20 bits per heavy atom. The molecule has 0 bridgehead atoms. The summed E-state index contributed by atoms with van der Waals surface area (Å²) in [4.78, 5) is 4.64. The molecular formula is C20H21FN2OS. The van der Waals surface area contributed by atoms with Crippen molar-refractivity contribution < 1.29 is 9.13 Å². The lowest BCUT2D eigenvalue weighted by atomic mass is 10.0. The number of benzene rings is 2. The van der Waals surface area contributed by atoms with Gasteiger partial charge in [0.15, 0.2) is 0 Å². The molecule has 0 aliphatic heterocycles. The highest BCUT2D eigenvalue weighted by atomic mass is 32.1. The van der Waals surface area contributed by atoms with Crippen molar-refractivity contribution in [2.45, 2.75) is 26.4 Å². The Kier molecular flexibility index (Phi) is 5.46. The highest BCUT2D eigenvalue weighted by Gasteiger charge is 2.12. The van der Waals surface area contributed by atoms with Crippen LogP contribution in [0.2, 0.25) is 0 Å². The van der Waals surface area contributed by atoms with E-state index >= 15 is 0 Å². The molecule has 1 heterocycles. The summed E-state index contributed by atoms with van der Waals surface area (Å²) in [5.74, 6) is 0.652. The molecule has 0 aliphatic rings. The van der Waals surface area contributed by atoms with Gasteiger partial charge in [0, 0.05) is 29.1 Å². The van der Waals surface area contributed by atoms with Crippen LogP contribution in [0, 0.1) is 12.7 Å². The van der Waals surface area contributed by atoms with E-state index < -0.39 is 0 Å². The second-order valence-electron chi connectivity index (χ2n) is 6.00. The van der Waals surface area contributed by atoms with Gasteiger partial charge in [0.2, 0.25) is 0 Å². The van der Waals surface area contributed by atoms with E-state index in [-0.39, 0.29) is 11.9 Å². The molecule has 1 atom stereocenters. The smallest absolute Gasteiger partial charge is 0.123 e. The molecule has 25 heavy (non-hydrogen) atoms. The van der Waals surface area contributed by atoms with Crippen LogP contribution in [0.4, 0.5) is 4.39 Å². The first-order valence-electron chi connectivity index (χ1n) is 8.15. The fraction of sp³-hybridized carbons (Fsp3) is 0.250. The van der Waals surface area contributed by atoms with E-state index in [0.717, 1.165) is 27.6 Å². The molecule has 0 spiro atoms. The van der Waals surface area contributed by atoms with E-state index in [2.05, 4.69) is 30.2 Å². The Hall–Kier alpha value is -2.24. The van der Waals surface area contributed by atoms with Crippen molar-refractivity contribution in [3.63, 3.8) is 0 Å². The molecule has 2 aromatic carbocycles. The van der Waals surface area contributed by atoms with Crippen LogP contribution < -0.4 is 10.1 Å². The first-order chi connectivity index (χ1) is 12.1. The van der Waals surface area contributed by atoms with Gasteiger partial charge in [-0.1, -0.05) is 17.7 Å². The Labute approximate surface area is 151 Å². The zero-order valence-electron chi connectivity index (χ0n) is 14.5. The summed E-state index contributed by atoms with van der Waals surface area (Å²) in [5, 5.41) is 6.43. The van der Waals surface area contributed by atoms with Crippen molar-refractivity contribution in [1.82, 2.24) is 10.3 Å². The third kappa shape index (κ3) is 4.24. The van der Waals surface area contributed by atoms with E-state index in [0.29, 0.717) is 6.54 Å². The van der Waals surface area contributed by atoms with Gasteiger partial charge in [-0.3, -0.25) is 0 Å². The molecule has 0 aliphatic carbocycles. The summed E-state index contributed by atoms with van der Waals surface area (Å²) in [6.07, 6.45) is 0. The number of nitrogens with one attached hydrogen (secondary N) is 1. The van der Waals surface area contributed by atoms with Crippen LogP contribution in [0.1, 0.15) is 29.8 Å². The molecule has 1 N–H and O–H groups in total. The molecule has 0 fully saturated rings. The number of nitrogens with zero attached hydrogens (tertiary/aromatic N) is 1. The SMILES string of the molecule is COc1ccc(C)cc1C(C)NCc1csc(-c2ccc(F)cc2)n1. The van der Waals surface area contributed by atoms with Gasteiger partial charge in [-0.2, -0.15) is 0 Å². The molecule has 3 aromatic rings. The quantitative estimate of drug-likeness (QED) is 0.666. The fourth-order valence-electron chi connectivity index (χ4n) is 2.67. The zero-order valence-corrected chi connectivity index (χ0v) is 15.4. The average molecular weight is 356 g/mol. The van der Waals surface area contributed by atoms with E-state index in [4.69, 9.17) is 4.74 Å². The van der Waals surface area contributed by atoms with Gasteiger partial charge in [0.05, 0.1) is 12.8 Å². The summed E-state index contributed by atoms with van der Waals surface area (Å²) < 4.78 is 18.5. The maximum atomic E-state index is 13.0. The Balaban J connectivity index is 1.68. The minimum atomic E-state index is -0.233.